The second-order valence-corrected chi connectivity index (χ2v) is 5.73. The molecule has 2 N–H and O–H groups in total. The molecule has 2 aliphatic rings. The van der Waals surface area contributed by atoms with E-state index in [1.807, 2.05) is 12.2 Å². The van der Waals surface area contributed by atoms with Crippen molar-refractivity contribution >= 4 is 16.5 Å². The van der Waals surface area contributed by atoms with Crippen LogP contribution in [-0.2, 0) is 9.47 Å². The molecule has 126 valence electrons. The average Bonchev–Trinajstić information content (AvgIpc) is 2.65. The van der Waals surface area contributed by atoms with Crippen LogP contribution in [0.3, 0.4) is 0 Å². The number of allylic oxidation sites excluding steroid dienone is 4. The Morgan fingerprint density at radius 2 is 2.00 bits per heavy atom. The van der Waals surface area contributed by atoms with Gasteiger partial charge in [0.05, 0.1) is 5.39 Å². The van der Waals surface area contributed by atoms with E-state index in [0.29, 0.717) is 5.76 Å². The minimum Gasteiger partial charge on any atom is -0.505 e. The summed E-state index contributed by atoms with van der Waals surface area (Å²) in [6.45, 7) is 0. The van der Waals surface area contributed by atoms with Crippen LogP contribution in [0.5, 0.6) is 5.75 Å². The summed E-state index contributed by atoms with van der Waals surface area (Å²) in [6.07, 6.45) is 10.4. The maximum absolute atomic E-state index is 13.4. The molecule has 25 heavy (non-hydrogen) atoms. The fourth-order valence-corrected chi connectivity index (χ4v) is 2.85. The van der Waals surface area contributed by atoms with E-state index in [0.717, 1.165) is 24.5 Å². The molecule has 0 amide bonds. The van der Waals surface area contributed by atoms with E-state index in [1.165, 1.54) is 24.7 Å². The van der Waals surface area contributed by atoms with Crippen molar-refractivity contribution in [1.82, 2.24) is 4.98 Å². The van der Waals surface area contributed by atoms with Gasteiger partial charge in [-0.3, -0.25) is 4.79 Å². The Hall–Kier alpha value is -3.28. The van der Waals surface area contributed by atoms with Gasteiger partial charge in [-0.15, -0.1) is 0 Å². The molecule has 0 unspecified atom stereocenters. The number of rotatable bonds is 2. The molecule has 0 atom stereocenters. The van der Waals surface area contributed by atoms with Crippen molar-refractivity contribution in [2.75, 3.05) is 0 Å². The average molecular weight is 339 g/mol. The first-order valence-corrected chi connectivity index (χ1v) is 7.78. The summed E-state index contributed by atoms with van der Waals surface area (Å²) in [5.74, 6) is -0.0672. The Balaban J connectivity index is 1.75. The van der Waals surface area contributed by atoms with Crippen molar-refractivity contribution < 1.29 is 19.0 Å². The van der Waals surface area contributed by atoms with Gasteiger partial charge in [-0.2, -0.15) is 0 Å². The lowest BCUT2D eigenvalue weighted by Crippen LogP contribution is -2.12. The third-order valence-electron chi connectivity index (χ3n) is 4.10. The van der Waals surface area contributed by atoms with Gasteiger partial charge in [0.2, 0.25) is 0 Å². The predicted octanol–water partition coefficient (Wildman–Crippen LogP) is 3.84. The largest absolute Gasteiger partial charge is 0.505 e. The van der Waals surface area contributed by atoms with Crippen LogP contribution in [0.15, 0.2) is 65.1 Å². The summed E-state index contributed by atoms with van der Waals surface area (Å²) in [4.78, 5) is 14.8. The van der Waals surface area contributed by atoms with Gasteiger partial charge in [-0.1, -0.05) is 18.2 Å². The second-order valence-electron chi connectivity index (χ2n) is 5.73. The molecule has 1 aromatic heterocycles. The van der Waals surface area contributed by atoms with E-state index >= 15 is 0 Å². The van der Waals surface area contributed by atoms with E-state index in [4.69, 9.17) is 9.47 Å². The van der Waals surface area contributed by atoms with Crippen LogP contribution in [0.1, 0.15) is 18.5 Å². The van der Waals surface area contributed by atoms with Crippen molar-refractivity contribution in [3.63, 3.8) is 0 Å². The van der Waals surface area contributed by atoms with Crippen LogP contribution < -0.4 is 5.56 Å². The van der Waals surface area contributed by atoms with Crippen LogP contribution >= 0.6 is 0 Å². The Bertz CT molecular complexity index is 1040. The van der Waals surface area contributed by atoms with Crippen LogP contribution in [0.25, 0.3) is 16.5 Å². The maximum atomic E-state index is 13.4. The first kappa shape index (κ1) is 15.3. The fraction of sp³-hybridized carbons (Fsp3) is 0.105. The summed E-state index contributed by atoms with van der Waals surface area (Å²) in [6, 6.07) is 3.62. The van der Waals surface area contributed by atoms with Gasteiger partial charge >= 0.3 is 0 Å². The number of halogens is 1. The number of aromatic hydroxyl groups is 1. The summed E-state index contributed by atoms with van der Waals surface area (Å²) in [5.41, 5.74) is 0.516. The van der Waals surface area contributed by atoms with Gasteiger partial charge in [0.1, 0.15) is 24.0 Å². The molecule has 1 aliphatic carbocycles. The van der Waals surface area contributed by atoms with E-state index in [2.05, 4.69) is 11.1 Å². The monoisotopic (exact) mass is 339 g/mol. The first-order valence-electron chi connectivity index (χ1n) is 7.78. The lowest BCUT2D eigenvalue weighted by Gasteiger charge is -2.20. The Kier molecular flexibility index (Phi) is 3.65. The van der Waals surface area contributed by atoms with Crippen molar-refractivity contribution in [2.24, 2.45) is 0 Å². The van der Waals surface area contributed by atoms with Crippen LogP contribution in [0.2, 0.25) is 0 Å². The number of H-pyrrole nitrogens is 1. The minimum atomic E-state index is -0.552. The standard InChI is InChI=1S/C19H14FNO4/c20-12-6-7-13-14(8-12)19(23)21-17(18(13)22)16-10-24-9-15(25-16)11-4-2-1-3-5-11/h1-2,4,6-10,22H,3,5H2,(H,21,23). The molecular weight excluding hydrogens is 325 g/mol. The van der Waals surface area contributed by atoms with Crippen LogP contribution in [-0.4, -0.2) is 10.1 Å². The van der Waals surface area contributed by atoms with E-state index < -0.39 is 11.4 Å². The first-order chi connectivity index (χ1) is 12.1. The van der Waals surface area contributed by atoms with Crippen LogP contribution in [0, 0.1) is 5.82 Å². The third-order valence-corrected chi connectivity index (χ3v) is 4.10. The van der Waals surface area contributed by atoms with Crippen molar-refractivity contribution in [2.45, 2.75) is 12.8 Å². The SMILES string of the molecule is O=c1[nH]c(C2=COC=C(C3=CC=CCC3)O2)c(O)c2ccc(F)cc12. The fourth-order valence-electron chi connectivity index (χ4n) is 2.85. The number of hydrogen-bond donors (Lipinski definition) is 2. The van der Waals surface area contributed by atoms with Gasteiger partial charge in [-0.05, 0) is 36.6 Å². The zero-order chi connectivity index (χ0) is 17.4. The number of ether oxygens (including phenoxy) is 2. The van der Waals surface area contributed by atoms with Crippen LogP contribution in [0.4, 0.5) is 4.39 Å². The lowest BCUT2D eigenvalue weighted by molar-refractivity contribution is 0.282. The molecule has 1 aliphatic heterocycles. The third kappa shape index (κ3) is 2.71. The number of hydrogen-bond acceptors (Lipinski definition) is 4. The molecule has 4 rings (SSSR count). The molecular formula is C19H14FNO4. The maximum Gasteiger partial charge on any atom is 0.256 e. The molecule has 0 radical (unpaired) electrons. The quantitative estimate of drug-likeness (QED) is 0.872. The van der Waals surface area contributed by atoms with E-state index in [9.17, 15) is 14.3 Å². The predicted molar refractivity (Wildman–Crippen MR) is 90.9 cm³/mol. The highest BCUT2D eigenvalue weighted by molar-refractivity contribution is 5.90. The molecule has 0 spiro atoms. The summed E-state index contributed by atoms with van der Waals surface area (Å²) in [7, 11) is 0. The summed E-state index contributed by atoms with van der Waals surface area (Å²) >= 11 is 0. The summed E-state index contributed by atoms with van der Waals surface area (Å²) < 4.78 is 24.5. The van der Waals surface area contributed by atoms with E-state index in [-0.39, 0.29) is 28.0 Å². The van der Waals surface area contributed by atoms with Crippen molar-refractivity contribution in [3.05, 3.63) is 82.1 Å². The molecule has 0 bridgehead atoms. The molecule has 1 aromatic carbocycles. The molecule has 2 heterocycles. The molecule has 0 fully saturated rings. The molecule has 0 saturated carbocycles. The highest BCUT2D eigenvalue weighted by Gasteiger charge is 2.21. The molecule has 2 aromatic rings. The smallest absolute Gasteiger partial charge is 0.256 e. The van der Waals surface area contributed by atoms with Gasteiger partial charge in [0.15, 0.2) is 17.3 Å². The van der Waals surface area contributed by atoms with Crippen molar-refractivity contribution in [3.8, 4) is 5.75 Å². The number of fused-ring (bicyclic) bond motifs is 1. The zero-order valence-corrected chi connectivity index (χ0v) is 13.1. The van der Waals surface area contributed by atoms with Crippen molar-refractivity contribution in [1.29, 1.82) is 0 Å². The number of pyridine rings is 1. The molecule has 0 saturated heterocycles. The van der Waals surface area contributed by atoms with E-state index in [1.54, 1.807) is 0 Å². The highest BCUT2D eigenvalue weighted by Crippen LogP contribution is 2.35. The number of aromatic amines is 1. The highest BCUT2D eigenvalue weighted by atomic mass is 19.1. The zero-order valence-electron chi connectivity index (χ0n) is 13.1. The van der Waals surface area contributed by atoms with Gasteiger partial charge < -0.3 is 19.6 Å². The number of benzene rings is 1. The minimum absolute atomic E-state index is 0.0643. The number of nitrogens with one attached hydrogen (secondary N) is 1. The lowest BCUT2D eigenvalue weighted by atomic mass is 10.0. The molecule has 5 nitrogen and oxygen atoms in total. The normalized spacial score (nSPS) is 16.6. The topological polar surface area (TPSA) is 71.6 Å². The van der Waals surface area contributed by atoms with Gasteiger partial charge in [0.25, 0.3) is 5.56 Å². The van der Waals surface area contributed by atoms with Gasteiger partial charge in [-0.25, -0.2) is 4.39 Å². The Morgan fingerprint density at radius 1 is 1.16 bits per heavy atom. The molecule has 6 heteroatoms. The van der Waals surface area contributed by atoms with Gasteiger partial charge in [0, 0.05) is 5.39 Å². The Labute approximate surface area is 142 Å². The summed E-state index contributed by atoms with van der Waals surface area (Å²) in [5, 5.41) is 10.8. The Morgan fingerprint density at radius 3 is 2.80 bits per heavy atom. The number of aromatic nitrogens is 1. The second kappa shape index (κ2) is 5.98.